The molecule has 4 heteroatoms. The predicted octanol–water partition coefficient (Wildman–Crippen LogP) is 1.54. The Morgan fingerprint density at radius 1 is 1.32 bits per heavy atom. The molecule has 2 fully saturated rings. The molecule has 1 aliphatic heterocycles. The number of nitrogens with one attached hydrogen (secondary N) is 2. The number of piperidine rings is 1. The van der Waals surface area contributed by atoms with Crippen LogP contribution in [0.3, 0.4) is 0 Å². The van der Waals surface area contributed by atoms with E-state index in [4.69, 9.17) is 5.73 Å². The van der Waals surface area contributed by atoms with Crippen molar-refractivity contribution in [1.29, 1.82) is 0 Å². The van der Waals surface area contributed by atoms with Gasteiger partial charge in [-0.15, -0.1) is 0 Å². The van der Waals surface area contributed by atoms with E-state index in [1.54, 1.807) is 0 Å². The number of amides is 1. The van der Waals surface area contributed by atoms with Crippen molar-refractivity contribution in [2.75, 3.05) is 13.1 Å². The van der Waals surface area contributed by atoms with E-state index in [-0.39, 0.29) is 5.91 Å². The van der Waals surface area contributed by atoms with E-state index in [2.05, 4.69) is 17.6 Å². The van der Waals surface area contributed by atoms with Crippen molar-refractivity contribution in [2.24, 2.45) is 11.7 Å². The Morgan fingerprint density at radius 2 is 2.00 bits per heavy atom. The molecule has 0 spiro atoms. The molecule has 0 aromatic heterocycles. The molecule has 2 rings (SSSR count). The van der Waals surface area contributed by atoms with E-state index in [9.17, 15) is 4.79 Å². The molecule has 0 aromatic rings. The lowest BCUT2D eigenvalue weighted by molar-refractivity contribution is -0.128. The Hall–Kier alpha value is -0.610. The molecular formula is C15H29N3O. The SMILES string of the molecule is CCC1CNCCC1(NC1CCCCCC1)C(N)=O. The average Bonchev–Trinajstić information content (AvgIpc) is 2.67. The molecule has 1 aliphatic carbocycles. The van der Waals surface area contributed by atoms with Crippen molar-refractivity contribution < 1.29 is 4.79 Å². The zero-order valence-corrected chi connectivity index (χ0v) is 12.2. The zero-order valence-electron chi connectivity index (χ0n) is 12.2. The van der Waals surface area contributed by atoms with Crippen LogP contribution in [-0.2, 0) is 4.79 Å². The molecule has 1 heterocycles. The summed E-state index contributed by atoms with van der Waals surface area (Å²) in [4.78, 5) is 12.1. The lowest BCUT2D eigenvalue weighted by Gasteiger charge is -2.44. The van der Waals surface area contributed by atoms with Gasteiger partial charge in [0.15, 0.2) is 0 Å². The van der Waals surface area contributed by atoms with E-state index >= 15 is 0 Å². The van der Waals surface area contributed by atoms with Crippen molar-refractivity contribution in [3.63, 3.8) is 0 Å². The molecule has 0 radical (unpaired) electrons. The Morgan fingerprint density at radius 3 is 2.58 bits per heavy atom. The van der Waals surface area contributed by atoms with E-state index in [1.165, 1.54) is 38.5 Å². The minimum Gasteiger partial charge on any atom is -0.368 e. The Kier molecular flexibility index (Phi) is 5.22. The first-order chi connectivity index (χ1) is 9.19. The third-order valence-electron chi connectivity index (χ3n) is 5.03. The predicted molar refractivity (Wildman–Crippen MR) is 77.8 cm³/mol. The van der Waals surface area contributed by atoms with Gasteiger partial charge < -0.3 is 16.4 Å². The molecule has 4 nitrogen and oxygen atoms in total. The van der Waals surface area contributed by atoms with Crippen LogP contribution in [0.2, 0.25) is 0 Å². The van der Waals surface area contributed by atoms with Gasteiger partial charge in [0.05, 0.1) is 0 Å². The van der Waals surface area contributed by atoms with E-state index < -0.39 is 5.54 Å². The number of carbonyl (C=O) groups excluding carboxylic acids is 1. The number of nitrogens with two attached hydrogens (primary N) is 1. The van der Waals surface area contributed by atoms with Crippen LogP contribution in [0.1, 0.15) is 58.3 Å². The van der Waals surface area contributed by atoms with Gasteiger partial charge >= 0.3 is 0 Å². The second-order valence-corrected chi connectivity index (χ2v) is 6.23. The molecular weight excluding hydrogens is 238 g/mol. The minimum absolute atomic E-state index is 0.148. The second-order valence-electron chi connectivity index (χ2n) is 6.23. The lowest BCUT2D eigenvalue weighted by Crippen LogP contribution is -2.67. The fourth-order valence-electron chi connectivity index (χ4n) is 3.81. The fourth-order valence-corrected chi connectivity index (χ4v) is 3.81. The summed E-state index contributed by atoms with van der Waals surface area (Å²) in [5.41, 5.74) is 5.32. The minimum atomic E-state index is -0.477. The highest BCUT2D eigenvalue weighted by atomic mass is 16.1. The monoisotopic (exact) mass is 267 g/mol. The van der Waals surface area contributed by atoms with Crippen molar-refractivity contribution in [3.8, 4) is 0 Å². The van der Waals surface area contributed by atoms with Crippen LogP contribution in [0, 0.1) is 5.92 Å². The zero-order chi connectivity index (χ0) is 13.7. The van der Waals surface area contributed by atoms with Crippen LogP contribution in [-0.4, -0.2) is 30.6 Å². The van der Waals surface area contributed by atoms with Gasteiger partial charge in [0.2, 0.25) is 5.91 Å². The Labute approximate surface area is 116 Å². The van der Waals surface area contributed by atoms with E-state index in [1.807, 2.05) is 0 Å². The summed E-state index contributed by atoms with van der Waals surface area (Å²) in [6.45, 7) is 3.95. The molecule has 1 saturated carbocycles. The molecule has 19 heavy (non-hydrogen) atoms. The van der Waals surface area contributed by atoms with Crippen LogP contribution < -0.4 is 16.4 Å². The van der Waals surface area contributed by atoms with Crippen molar-refractivity contribution >= 4 is 5.91 Å². The van der Waals surface area contributed by atoms with Crippen molar-refractivity contribution in [3.05, 3.63) is 0 Å². The first-order valence-corrected chi connectivity index (χ1v) is 7.97. The van der Waals surface area contributed by atoms with Gasteiger partial charge in [0.25, 0.3) is 0 Å². The quantitative estimate of drug-likeness (QED) is 0.677. The van der Waals surface area contributed by atoms with Crippen molar-refractivity contribution in [2.45, 2.75) is 69.9 Å². The van der Waals surface area contributed by atoms with Gasteiger partial charge in [0.1, 0.15) is 5.54 Å². The molecule has 1 amide bonds. The highest BCUT2D eigenvalue weighted by Crippen LogP contribution is 2.30. The number of rotatable bonds is 4. The van der Waals surface area contributed by atoms with Gasteiger partial charge in [-0.05, 0) is 38.1 Å². The third-order valence-corrected chi connectivity index (χ3v) is 5.03. The molecule has 0 bridgehead atoms. The van der Waals surface area contributed by atoms with Crippen molar-refractivity contribution in [1.82, 2.24) is 10.6 Å². The molecule has 0 aromatic carbocycles. The summed E-state index contributed by atoms with van der Waals surface area (Å²) in [6.07, 6.45) is 9.44. The topological polar surface area (TPSA) is 67.2 Å². The van der Waals surface area contributed by atoms with Gasteiger partial charge in [-0.3, -0.25) is 4.79 Å². The fraction of sp³-hybridized carbons (Fsp3) is 0.933. The number of hydrogen-bond donors (Lipinski definition) is 3. The third kappa shape index (κ3) is 3.29. The molecule has 4 N–H and O–H groups in total. The van der Waals surface area contributed by atoms with Crippen LogP contribution in [0.25, 0.3) is 0 Å². The maximum atomic E-state index is 12.1. The summed E-state index contributed by atoms with van der Waals surface area (Å²) in [6, 6.07) is 0.474. The van der Waals surface area contributed by atoms with Crippen LogP contribution in [0.4, 0.5) is 0 Å². The maximum absolute atomic E-state index is 12.1. The molecule has 2 atom stereocenters. The van der Waals surface area contributed by atoms with E-state index in [0.29, 0.717) is 12.0 Å². The van der Waals surface area contributed by atoms with Crippen LogP contribution >= 0.6 is 0 Å². The van der Waals surface area contributed by atoms with Crippen LogP contribution in [0.15, 0.2) is 0 Å². The van der Waals surface area contributed by atoms with Gasteiger partial charge in [-0.2, -0.15) is 0 Å². The summed E-state index contributed by atoms with van der Waals surface area (Å²) in [7, 11) is 0. The summed E-state index contributed by atoms with van der Waals surface area (Å²) >= 11 is 0. The van der Waals surface area contributed by atoms with Gasteiger partial charge in [-0.25, -0.2) is 0 Å². The Balaban J connectivity index is 2.10. The standard InChI is InChI=1S/C15H29N3O/c1-2-12-11-17-10-9-15(12,14(16)19)18-13-7-5-3-4-6-8-13/h12-13,17-18H,2-11H2,1H3,(H2,16,19). The lowest BCUT2D eigenvalue weighted by atomic mass is 9.75. The Bertz CT molecular complexity index is 300. The highest BCUT2D eigenvalue weighted by Gasteiger charge is 2.45. The summed E-state index contributed by atoms with van der Waals surface area (Å²) in [5.74, 6) is 0.173. The smallest absolute Gasteiger partial charge is 0.238 e. The van der Waals surface area contributed by atoms with Gasteiger partial charge in [-0.1, -0.05) is 32.6 Å². The summed E-state index contributed by atoms with van der Waals surface area (Å²) < 4.78 is 0. The van der Waals surface area contributed by atoms with E-state index in [0.717, 1.165) is 25.9 Å². The largest absolute Gasteiger partial charge is 0.368 e. The average molecular weight is 267 g/mol. The maximum Gasteiger partial charge on any atom is 0.238 e. The molecule has 2 unspecified atom stereocenters. The van der Waals surface area contributed by atoms with Crippen LogP contribution in [0.5, 0.6) is 0 Å². The first kappa shape index (κ1) is 14.8. The summed E-state index contributed by atoms with van der Waals surface area (Å²) in [5, 5.41) is 7.09. The molecule has 1 saturated heterocycles. The highest BCUT2D eigenvalue weighted by molar-refractivity contribution is 5.85. The molecule has 2 aliphatic rings. The normalized spacial score (nSPS) is 33.8. The number of primary amides is 1. The number of carbonyl (C=O) groups is 1. The molecule has 110 valence electrons. The number of hydrogen-bond acceptors (Lipinski definition) is 3. The first-order valence-electron chi connectivity index (χ1n) is 7.97. The second kappa shape index (κ2) is 6.71. The van der Waals surface area contributed by atoms with Gasteiger partial charge in [0, 0.05) is 12.6 Å².